The van der Waals surface area contributed by atoms with Gasteiger partial charge in [-0.2, -0.15) is 5.10 Å². The van der Waals surface area contributed by atoms with Gasteiger partial charge in [0.05, 0.1) is 11.8 Å². The van der Waals surface area contributed by atoms with Gasteiger partial charge in [0.15, 0.2) is 5.96 Å². The first kappa shape index (κ1) is 21.2. The van der Waals surface area contributed by atoms with Crippen LogP contribution in [0.15, 0.2) is 4.99 Å². The van der Waals surface area contributed by atoms with Crippen LogP contribution in [0.3, 0.4) is 0 Å². The van der Waals surface area contributed by atoms with Gasteiger partial charge in [-0.3, -0.25) is 9.67 Å². The molecule has 1 aromatic rings. The Morgan fingerprint density at radius 2 is 1.96 bits per heavy atom. The van der Waals surface area contributed by atoms with E-state index in [1.54, 1.807) is 0 Å². The van der Waals surface area contributed by atoms with Crippen molar-refractivity contribution in [1.29, 1.82) is 0 Å². The van der Waals surface area contributed by atoms with E-state index >= 15 is 0 Å². The number of hydrogen-bond donors (Lipinski definition) is 3. The third-order valence-corrected chi connectivity index (χ3v) is 4.67. The van der Waals surface area contributed by atoms with Crippen LogP contribution in [-0.4, -0.2) is 46.1 Å². The average molecular weight is 449 g/mol. The van der Waals surface area contributed by atoms with Crippen molar-refractivity contribution in [2.24, 2.45) is 12.0 Å². The number of nitrogens with one attached hydrogen (secondary N) is 2. The number of nitrogens with zero attached hydrogens (tertiary/aromatic N) is 3. The molecule has 0 saturated heterocycles. The molecule has 1 heterocycles. The number of aliphatic imine (C=N–C) groups is 1. The predicted octanol–water partition coefficient (Wildman–Crippen LogP) is 2.06. The summed E-state index contributed by atoms with van der Waals surface area (Å²) in [5.41, 5.74) is 3.62. The van der Waals surface area contributed by atoms with E-state index in [2.05, 4.69) is 36.5 Å². The number of rotatable bonds is 5. The maximum absolute atomic E-state index is 9.60. The Bertz CT molecular complexity index is 535. The maximum Gasteiger partial charge on any atom is 0.191 e. The molecule has 0 radical (unpaired) electrons. The topological polar surface area (TPSA) is 74.5 Å². The van der Waals surface area contributed by atoms with Gasteiger partial charge in [0.2, 0.25) is 0 Å². The van der Waals surface area contributed by atoms with Crippen LogP contribution in [0.5, 0.6) is 0 Å². The van der Waals surface area contributed by atoms with Crippen LogP contribution in [-0.2, 0) is 13.5 Å². The lowest BCUT2D eigenvalue weighted by atomic mass is 9.93. The lowest BCUT2D eigenvalue weighted by Crippen LogP contribution is -2.45. The van der Waals surface area contributed by atoms with Crippen molar-refractivity contribution in [2.45, 2.75) is 65.0 Å². The number of halogens is 1. The van der Waals surface area contributed by atoms with E-state index in [1.807, 2.05) is 11.7 Å². The van der Waals surface area contributed by atoms with E-state index in [-0.39, 0.29) is 30.1 Å². The fourth-order valence-corrected chi connectivity index (χ4v) is 3.19. The number of aryl methyl sites for hydroxylation is 2. The lowest BCUT2D eigenvalue weighted by molar-refractivity contribution is 0.120. The van der Waals surface area contributed by atoms with Crippen molar-refractivity contribution in [3.63, 3.8) is 0 Å². The molecule has 3 N–H and O–H groups in total. The van der Waals surface area contributed by atoms with Gasteiger partial charge in [0.1, 0.15) is 0 Å². The van der Waals surface area contributed by atoms with Crippen molar-refractivity contribution in [3.05, 3.63) is 17.0 Å². The van der Waals surface area contributed by atoms with Gasteiger partial charge >= 0.3 is 0 Å². The highest BCUT2D eigenvalue weighted by atomic mass is 127. The summed E-state index contributed by atoms with van der Waals surface area (Å²) >= 11 is 0. The highest BCUT2D eigenvalue weighted by molar-refractivity contribution is 14.0. The molecule has 1 saturated carbocycles. The number of aliphatic hydroxyl groups excluding tert-OH is 1. The van der Waals surface area contributed by atoms with Gasteiger partial charge in [0, 0.05) is 31.9 Å². The van der Waals surface area contributed by atoms with Gasteiger partial charge in [0.25, 0.3) is 0 Å². The fourth-order valence-electron chi connectivity index (χ4n) is 3.19. The van der Waals surface area contributed by atoms with Crippen LogP contribution in [0, 0.1) is 13.8 Å². The standard InChI is InChI=1S/C17H31N5O.HI/c1-5-18-17(20-14-6-8-15(23)9-7-14)19-11-10-16-12(2)21-22(4)13(16)3;/h14-15,23H,5-11H2,1-4H3,(H2,18,19,20);1H. The second-order valence-electron chi connectivity index (χ2n) is 6.43. The zero-order valence-electron chi connectivity index (χ0n) is 15.3. The summed E-state index contributed by atoms with van der Waals surface area (Å²) in [7, 11) is 1.98. The Hall–Kier alpha value is -0.830. The molecule has 7 heteroatoms. The summed E-state index contributed by atoms with van der Waals surface area (Å²) < 4.78 is 1.94. The molecule has 0 aromatic carbocycles. The Kier molecular flexibility index (Phi) is 9.04. The van der Waals surface area contributed by atoms with Crippen LogP contribution in [0.25, 0.3) is 0 Å². The predicted molar refractivity (Wildman–Crippen MR) is 109 cm³/mol. The minimum Gasteiger partial charge on any atom is -0.393 e. The van der Waals surface area contributed by atoms with Crippen LogP contribution in [0.1, 0.15) is 49.6 Å². The van der Waals surface area contributed by atoms with Gasteiger partial charge in [-0.1, -0.05) is 0 Å². The third-order valence-electron chi connectivity index (χ3n) is 4.67. The number of guanidine groups is 1. The molecule has 0 aliphatic heterocycles. The monoisotopic (exact) mass is 449 g/mol. The molecule has 6 nitrogen and oxygen atoms in total. The van der Waals surface area contributed by atoms with Crippen molar-refractivity contribution in [2.75, 3.05) is 13.1 Å². The number of hydrogen-bond acceptors (Lipinski definition) is 3. The van der Waals surface area contributed by atoms with E-state index in [0.717, 1.165) is 56.8 Å². The molecular formula is C17H32IN5O. The quantitative estimate of drug-likeness (QED) is 0.366. The van der Waals surface area contributed by atoms with Gasteiger partial charge in [-0.15, -0.1) is 24.0 Å². The van der Waals surface area contributed by atoms with Crippen molar-refractivity contribution < 1.29 is 5.11 Å². The molecule has 138 valence electrons. The zero-order valence-corrected chi connectivity index (χ0v) is 17.6. The van der Waals surface area contributed by atoms with Crippen molar-refractivity contribution in [3.8, 4) is 0 Å². The second-order valence-corrected chi connectivity index (χ2v) is 6.43. The molecular weight excluding hydrogens is 417 g/mol. The molecule has 1 aliphatic rings. The first-order chi connectivity index (χ1) is 11.0. The molecule has 24 heavy (non-hydrogen) atoms. The van der Waals surface area contributed by atoms with E-state index in [9.17, 15) is 5.11 Å². The van der Waals surface area contributed by atoms with Gasteiger partial charge < -0.3 is 15.7 Å². The summed E-state index contributed by atoms with van der Waals surface area (Å²) in [4.78, 5) is 4.71. The van der Waals surface area contributed by atoms with Crippen LogP contribution in [0.2, 0.25) is 0 Å². The summed E-state index contributed by atoms with van der Waals surface area (Å²) in [5.74, 6) is 0.882. The number of aromatic nitrogens is 2. The van der Waals surface area contributed by atoms with E-state index in [4.69, 9.17) is 4.99 Å². The first-order valence-corrected chi connectivity index (χ1v) is 8.73. The molecule has 0 amide bonds. The Morgan fingerprint density at radius 1 is 1.29 bits per heavy atom. The highest BCUT2D eigenvalue weighted by Crippen LogP contribution is 2.18. The van der Waals surface area contributed by atoms with Crippen LogP contribution in [0.4, 0.5) is 0 Å². The Balaban J connectivity index is 0.00000288. The molecule has 1 fully saturated rings. The summed E-state index contributed by atoms with van der Waals surface area (Å²) in [6.07, 6.45) is 4.56. The largest absolute Gasteiger partial charge is 0.393 e. The molecule has 1 aromatic heterocycles. The molecule has 1 aliphatic carbocycles. The third kappa shape index (κ3) is 5.91. The lowest BCUT2D eigenvalue weighted by Gasteiger charge is -2.27. The minimum absolute atomic E-state index is 0. The fraction of sp³-hybridized carbons (Fsp3) is 0.765. The van der Waals surface area contributed by atoms with E-state index < -0.39 is 0 Å². The summed E-state index contributed by atoms with van der Waals surface area (Å²) in [6.45, 7) is 7.85. The molecule has 0 spiro atoms. The molecule has 0 unspecified atom stereocenters. The van der Waals surface area contributed by atoms with E-state index in [0.29, 0.717) is 6.04 Å². The summed E-state index contributed by atoms with van der Waals surface area (Å²) in [5, 5.41) is 20.9. The zero-order chi connectivity index (χ0) is 16.8. The molecule has 0 atom stereocenters. The minimum atomic E-state index is -0.121. The van der Waals surface area contributed by atoms with E-state index in [1.165, 1.54) is 11.3 Å². The molecule has 2 rings (SSSR count). The van der Waals surface area contributed by atoms with Gasteiger partial charge in [-0.05, 0) is 58.4 Å². The maximum atomic E-state index is 9.60. The Labute approximate surface area is 162 Å². The molecule has 0 bridgehead atoms. The van der Waals surface area contributed by atoms with Crippen LogP contribution >= 0.6 is 24.0 Å². The number of aliphatic hydroxyl groups is 1. The highest BCUT2D eigenvalue weighted by Gasteiger charge is 2.20. The van der Waals surface area contributed by atoms with Gasteiger partial charge in [-0.25, -0.2) is 0 Å². The summed E-state index contributed by atoms with van der Waals surface area (Å²) in [6, 6.07) is 0.415. The normalized spacial score (nSPS) is 21.3. The smallest absolute Gasteiger partial charge is 0.191 e. The van der Waals surface area contributed by atoms with Crippen molar-refractivity contribution >= 4 is 29.9 Å². The first-order valence-electron chi connectivity index (χ1n) is 8.73. The average Bonchev–Trinajstić information content (AvgIpc) is 2.76. The van der Waals surface area contributed by atoms with Crippen molar-refractivity contribution in [1.82, 2.24) is 20.4 Å². The second kappa shape index (κ2) is 10.2. The Morgan fingerprint density at radius 3 is 2.50 bits per heavy atom. The SMILES string of the molecule is CCNC(=NCCc1c(C)nn(C)c1C)NC1CCC(O)CC1.I. The van der Waals surface area contributed by atoms with Crippen LogP contribution < -0.4 is 10.6 Å².